The van der Waals surface area contributed by atoms with E-state index in [2.05, 4.69) is 27.7 Å². The first-order chi connectivity index (χ1) is 7.37. The molecule has 1 atom stereocenters. The number of carboxylic acids is 1. The van der Waals surface area contributed by atoms with Crippen molar-refractivity contribution in [2.45, 2.75) is 72.6 Å². The maximum absolute atomic E-state index is 11.0. The van der Waals surface area contributed by atoms with E-state index in [1.807, 2.05) is 0 Å². The predicted octanol–water partition coefficient (Wildman–Crippen LogP) is 4.48. The van der Waals surface area contributed by atoms with Crippen LogP contribution in [0.1, 0.15) is 72.6 Å². The average molecular weight is 228 g/mol. The Morgan fingerprint density at radius 2 is 1.69 bits per heavy atom. The Kier molecular flexibility index (Phi) is 7.44. The second kappa shape index (κ2) is 7.70. The molecule has 0 fully saturated rings. The molecule has 2 nitrogen and oxygen atoms in total. The van der Waals surface area contributed by atoms with Crippen LogP contribution in [0.5, 0.6) is 0 Å². The first-order valence-electron chi connectivity index (χ1n) is 6.59. The second-order valence-corrected chi connectivity index (χ2v) is 5.98. The number of aliphatic carboxylic acids is 1. The zero-order valence-corrected chi connectivity index (χ0v) is 11.4. The molecule has 0 spiro atoms. The molecule has 0 aromatic carbocycles. The van der Waals surface area contributed by atoms with Crippen LogP contribution in [0.2, 0.25) is 0 Å². The molecule has 16 heavy (non-hydrogen) atoms. The quantitative estimate of drug-likeness (QED) is 0.622. The van der Waals surface area contributed by atoms with Gasteiger partial charge in [0.05, 0.1) is 5.92 Å². The maximum Gasteiger partial charge on any atom is 0.306 e. The van der Waals surface area contributed by atoms with Gasteiger partial charge in [-0.2, -0.15) is 0 Å². The van der Waals surface area contributed by atoms with E-state index in [4.69, 9.17) is 5.11 Å². The Hall–Kier alpha value is -0.530. The zero-order chi connectivity index (χ0) is 12.6. The molecule has 2 heteroatoms. The van der Waals surface area contributed by atoms with Crippen LogP contribution < -0.4 is 0 Å². The van der Waals surface area contributed by atoms with Gasteiger partial charge in [-0.25, -0.2) is 0 Å². The van der Waals surface area contributed by atoms with Crippen LogP contribution in [0.3, 0.4) is 0 Å². The van der Waals surface area contributed by atoms with Crippen molar-refractivity contribution in [1.82, 2.24) is 0 Å². The second-order valence-electron chi connectivity index (χ2n) is 5.98. The summed E-state index contributed by atoms with van der Waals surface area (Å²) in [7, 11) is 0. The molecule has 1 N–H and O–H groups in total. The highest BCUT2D eigenvalue weighted by Gasteiger charge is 2.16. The lowest BCUT2D eigenvalue weighted by Gasteiger charge is -2.18. The molecule has 0 aliphatic heterocycles. The highest BCUT2D eigenvalue weighted by atomic mass is 16.4. The minimum absolute atomic E-state index is 0.111. The standard InChI is InChI=1S/C14H28O2/c1-5-6-9-12(13(15)16)10-7-8-11-14(2,3)4/h12H,5-11H2,1-4H3,(H,15,16). The average Bonchev–Trinajstić information content (AvgIpc) is 2.14. The molecule has 0 saturated heterocycles. The van der Waals surface area contributed by atoms with Gasteiger partial charge in [-0.05, 0) is 24.7 Å². The topological polar surface area (TPSA) is 37.3 Å². The molecule has 0 amide bonds. The number of rotatable bonds is 8. The van der Waals surface area contributed by atoms with Crippen molar-refractivity contribution in [3.8, 4) is 0 Å². The Morgan fingerprint density at radius 3 is 2.12 bits per heavy atom. The van der Waals surface area contributed by atoms with Crippen molar-refractivity contribution in [2.24, 2.45) is 11.3 Å². The van der Waals surface area contributed by atoms with E-state index in [0.29, 0.717) is 5.41 Å². The van der Waals surface area contributed by atoms with Crippen LogP contribution in [0.15, 0.2) is 0 Å². The molecule has 0 aliphatic carbocycles. The summed E-state index contributed by atoms with van der Waals surface area (Å²) in [5, 5.41) is 9.06. The van der Waals surface area contributed by atoms with Crippen LogP contribution >= 0.6 is 0 Å². The molecule has 0 aromatic rings. The van der Waals surface area contributed by atoms with Crippen molar-refractivity contribution in [3.05, 3.63) is 0 Å². The molecule has 0 rings (SSSR count). The molecule has 0 aromatic heterocycles. The van der Waals surface area contributed by atoms with Gasteiger partial charge in [0.15, 0.2) is 0 Å². The van der Waals surface area contributed by atoms with E-state index in [1.54, 1.807) is 0 Å². The van der Waals surface area contributed by atoms with Gasteiger partial charge < -0.3 is 5.11 Å². The fraction of sp³-hybridized carbons (Fsp3) is 0.929. The summed E-state index contributed by atoms with van der Waals surface area (Å²) in [6.07, 6.45) is 7.22. The number of carbonyl (C=O) groups is 1. The Balaban J connectivity index is 3.72. The molecule has 0 saturated carbocycles. The lowest BCUT2D eigenvalue weighted by Crippen LogP contribution is -2.14. The van der Waals surface area contributed by atoms with Crippen LogP contribution in [0, 0.1) is 11.3 Å². The molecule has 0 heterocycles. The predicted molar refractivity (Wildman–Crippen MR) is 68.6 cm³/mol. The number of unbranched alkanes of at least 4 members (excludes halogenated alkanes) is 2. The summed E-state index contributed by atoms with van der Waals surface area (Å²) in [4.78, 5) is 11.0. The molecule has 0 bridgehead atoms. The van der Waals surface area contributed by atoms with Crippen LogP contribution in [-0.4, -0.2) is 11.1 Å². The largest absolute Gasteiger partial charge is 0.481 e. The van der Waals surface area contributed by atoms with Crippen molar-refractivity contribution in [2.75, 3.05) is 0 Å². The first kappa shape index (κ1) is 15.5. The van der Waals surface area contributed by atoms with Gasteiger partial charge in [0.1, 0.15) is 0 Å². The smallest absolute Gasteiger partial charge is 0.306 e. The highest BCUT2D eigenvalue weighted by molar-refractivity contribution is 5.69. The van der Waals surface area contributed by atoms with Gasteiger partial charge in [0.25, 0.3) is 0 Å². The monoisotopic (exact) mass is 228 g/mol. The Bertz CT molecular complexity index is 191. The summed E-state index contributed by atoms with van der Waals surface area (Å²) in [5.74, 6) is -0.718. The fourth-order valence-electron chi connectivity index (χ4n) is 1.89. The third kappa shape index (κ3) is 8.75. The van der Waals surface area contributed by atoms with E-state index in [0.717, 1.165) is 38.5 Å². The number of hydrogen-bond donors (Lipinski definition) is 1. The lowest BCUT2D eigenvalue weighted by molar-refractivity contribution is -0.142. The summed E-state index contributed by atoms with van der Waals surface area (Å²) in [6.45, 7) is 8.81. The van der Waals surface area contributed by atoms with Crippen LogP contribution in [-0.2, 0) is 4.79 Å². The normalized spacial score (nSPS) is 13.8. The van der Waals surface area contributed by atoms with Crippen molar-refractivity contribution in [1.29, 1.82) is 0 Å². The Labute approximate surface area is 100 Å². The summed E-state index contributed by atoms with van der Waals surface area (Å²) < 4.78 is 0. The van der Waals surface area contributed by atoms with Crippen LogP contribution in [0.4, 0.5) is 0 Å². The van der Waals surface area contributed by atoms with E-state index in [9.17, 15) is 4.79 Å². The molecule has 96 valence electrons. The fourth-order valence-corrected chi connectivity index (χ4v) is 1.89. The molecule has 0 aliphatic rings. The van der Waals surface area contributed by atoms with E-state index < -0.39 is 5.97 Å². The van der Waals surface area contributed by atoms with Gasteiger partial charge in [0, 0.05) is 0 Å². The van der Waals surface area contributed by atoms with Crippen molar-refractivity contribution in [3.63, 3.8) is 0 Å². The van der Waals surface area contributed by atoms with E-state index in [-0.39, 0.29) is 5.92 Å². The third-order valence-electron chi connectivity index (χ3n) is 2.98. The molecular formula is C14H28O2. The summed E-state index contributed by atoms with van der Waals surface area (Å²) in [5.41, 5.74) is 0.377. The van der Waals surface area contributed by atoms with Gasteiger partial charge in [0.2, 0.25) is 0 Å². The summed E-state index contributed by atoms with van der Waals surface area (Å²) in [6, 6.07) is 0. The van der Waals surface area contributed by atoms with Crippen molar-refractivity contribution >= 4 is 5.97 Å². The van der Waals surface area contributed by atoms with Gasteiger partial charge >= 0.3 is 5.97 Å². The van der Waals surface area contributed by atoms with Crippen LogP contribution in [0.25, 0.3) is 0 Å². The van der Waals surface area contributed by atoms with Gasteiger partial charge in [-0.3, -0.25) is 4.79 Å². The minimum Gasteiger partial charge on any atom is -0.481 e. The van der Waals surface area contributed by atoms with E-state index >= 15 is 0 Å². The third-order valence-corrected chi connectivity index (χ3v) is 2.98. The Morgan fingerprint density at radius 1 is 1.12 bits per heavy atom. The molecule has 1 unspecified atom stereocenters. The van der Waals surface area contributed by atoms with Crippen molar-refractivity contribution < 1.29 is 9.90 Å². The van der Waals surface area contributed by atoms with E-state index in [1.165, 1.54) is 6.42 Å². The van der Waals surface area contributed by atoms with Gasteiger partial charge in [-0.15, -0.1) is 0 Å². The highest BCUT2D eigenvalue weighted by Crippen LogP contribution is 2.24. The molecular weight excluding hydrogens is 200 g/mol. The minimum atomic E-state index is -0.607. The van der Waals surface area contributed by atoms with Gasteiger partial charge in [-0.1, -0.05) is 53.4 Å². The maximum atomic E-state index is 11.0. The molecule has 0 radical (unpaired) electrons. The lowest BCUT2D eigenvalue weighted by atomic mass is 9.88. The SMILES string of the molecule is CCCCC(CCCCC(C)(C)C)C(=O)O. The first-order valence-corrected chi connectivity index (χ1v) is 6.59. The summed E-state index contributed by atoms with van der Waals surface area (Å²) >= 11 is 0. The number of carboxylic acid groups (broad SMARTS) is 1. The zero-order valence-electron chi connectivity index (χ0n) is 11.4. The number of hydrogen-bond acceptors (Lipinski definition) is 1.